The highest BCUT2D eigenvalue weighted by molar-refractivity contribution is 5.93. The van der Waals surface area contributed by atoms with Gasteiger partial charge in [0.1, 0.15) is 17.6 Å². The van der Waals surface area contributed by atoms with Gasteiger partial charge in [-0.15, -0.1) is 0 Å². The van der Waals surface area contributed by atoms with E-state index in [9.17, 15) is 4.79 Å². The SMILES string of the molecule is C[C@H](Oc1ccccc1C#N)C(=O)Nc1ccnn1C[C@H]1CCOC1. The highest BCUT2D eigenvalue weighted by Gasteiger charge is 2.21. The molecule has 1 aliphatic rings. The Morgan fingerprint density at radius 2 is 2.36 bits per heavy atom. The van der Waals surface area contributed by atoms with Crippen LogP contribution in [0.1, 0.15) is 18.9 Å². The van der Waals surface area contributed by atoms with Gasteiger partial charge in [0.25, 0.3) is 5.91 Å². The summed E-state index contributed by atoms with van der Waals surface area (Å²) >= 11 is 0. The number of benzene rings is 1. The molecule has 1 aromatic carbocycles. The van der Waals surface area contributed by atoms with Crippen LogP contribution in [0.2, 0.25) is 0 Å². The second-order valence-corrected chi connectivity index (χ2v) is 5.99. The van der Waals surface area contributed by atoms with Crippen LogP contribution in [0.25, 0.3) is 0 Å². The summed E-state index contributed by atoms with van der Waals surface area (Å²) < 4.78 is 12.8. The Morgan fingerprint density at radius 1 is 1.52 bits per heavy atom. The minimum atomic E-state index is -0.743. The Hall–Kier alpha value is -2.85. The lowest BCUT2D eigenvalue weighted by Gasteiger charge is -2.17. The van der Waals surface area contributed by atoms with E-state index in [1.165, 1.54) is 0 Å². The predicted octanol–water partition coefficient (Wildman–Crippen LogP) is 2.20. The monoisotopic (exact) mass is 340 g/mol. The van der Waals surface area contributed by atoms with E-state index in [2.05, 4.69) is 16.5 Å². The molecule has 0 aliphatic carbocycles. The van der Waals surface area contributed by atoms with Crippen molar-refractivity contribution in [3.05, 3.63) is 42.1 Å². The summed E-state index contributed by atoms with van der Waals surface area (Å²) in [6, 6.07) is 10.6. The van der Waals surface area contributed by atoms with E-state index in [-0.39, 0.29) is 5.91 Å². The van der Waals surface area contributed by atoms with Gasteiger partial charge < -0.3 is 14.8 Å². The topological polar surface area (TPSA) is 89.2 Å². The van der Waals surface area contributed by atoms with Gasteiger partial charge >= 0.3 is 0 Å². The number of nitrogens with one attached hydrogen (secondary N) is 1. The number of hydrogen-bond donors (Lipinski definition) is 1. The van der Waals surface area contributed by atoms with Crippen molar-refractivity contribution in [3.8, 4) is 11.8 Å². The molecular weight excluding hydrogens is 320 g/mol. The van der Waals surface area contributed by atoms with E-state index in [0.717, 1.165) is 19.6 Å². The molecule has 2 heterocycles. The molecule has 1 aliphatic heterocycles. The fourth-order valence-corrected chi connectivity index (χ4v) is 2.69. The molecular formula is C18H20N4O3. The zero-order valence-corrected chi connectivity index (χ0v) is 14.0. The number of rotatable bonds is 6. The number of ether oxygens (including phenoxy) is 2. The van der Waals surface area contributed by atoms with E-state index >= 15 is 0 Å². The van der Waals surface area contributed by atoms with Crippen LogP contribution >= 0.6 is 0 Å². The number of aromatic nitrogens is 2. The van der Waals surface area contributed by atoms with Crippen LogP contribution in [0, 0.1) is 17.2 Å². The Bertz CT molecular complexity index is 775. The maximum atomic E-state index is 12.4. The van der Waals surface area contributed by atoms with Gasteiger partial charge in [0.15, 0.2) is 6.10 Å². The zero-order chi connectivity index (χ0) is 17.6. The molecule has 7 nitrogen and oxygen atoms in total. The average Bonchev–Trinajstić information content (AvgIpc) is 3.28. The summed E-state index contributed by atoms with van der Waals surface area (Å²) in [6.07, 6.45) is 1.91. The lowest BCUT2D eigenvalue weighted by atomic mass is 10.1. The third-order valence-corrected chi connectivity index (χ3v) is 4.10. The molecule has 3 rings (SSSR count). The Kier molecular flexibility index (Phi) is 5.31. The molecule has 1 fully saturated rings. The number of carbonyl (C=O) groups is 1. The lowest BCUT2D eigenvalue weighted by Crippen LogP contribution is -2.31. The van der Waals surface area contributed by atoms with E-state index in [1.807, 2.05) is 0 Å². The van der Waals surface area contributed by atoms with Crippen LogP contribution in [0.5, 0.6) is 5.75 Å². The molecule has 0 unspecified atom stereocenters. The fourth-order valence-electron chi connectivity index (χ4n) is 2.69. The molecule has 7 heteroatoms. The van der Waals surface area contributed by atoms with E-state index < -0.39 is 6.10 Å². The van der Waals surface area contributed by atoms with Gasteiger partial charge in [-0.2, -0.15) is 10.4 Å². The molecule has 0 bridgehead atoms. The second kappa shape index (κ2) is 7.81. The summed E-state index contributed by atoms with van der Waals surface area (Å²) in [6.45, 7) is 3.85. The largest absolute Gasteiger partial charge is 0.480 e. The first kappa shape index (κ1) is 17.0. The second-order valence-electron chi connectivity index (χ2n) is 5.99. The van der Waals surface area contributed by atoms with Crippen molar-refractivity contribution < 1.29 is 14.3 Å². The Morgan fingerprint density at radius 3 is 3.12 bits per heavy atom. The van der Waals surface area contributed by atoms with Gasteiger partial charge in [-0.1, -0.05) is 12.1 Å². The van der Waals surface area contributed by atoms with Gasteiger partial charge in [0, 0.05) is 25.1 Å². The summed E-state index contributed by atoms with van der Waals surface area (Å²) in [5.74, 6) is 1.13. The first-order chi connectivity index (χ1) is 12.2. The van der Waals surface area contributed by atoms with Crippen molar-refractivity contribution in [1.82, 2.24) is 9.78 Å². The Balaban J connectivity index is 1.62. The molecule has 1 N–H and O–H groups in total. The first-order valence-electron chi connectivity index (χ1n) is 8.23. The minimum Gasteiger partial charge on any atom is -0.480 e. The maximum absolute atomic E-state index is 12.4. The minimum absolute atomic E-state index is 0.294. The molecule has 1 saturated heterocycles. The van der Waals surface area contributed by atoms with Crippen LogP contribution in [-0.4, -0.2) is 35.0 Å². The lowest BCUT2D eigenvalue weighted by molar-refractivity contribution is -0.122. The highest BCUT2D eigenvalue weighted by Crippen LogP contribution is 2.20. The summed E-state index contributed by atoms with van der Waals surface area (Å²) in [4.78, 5) is 12.4. The van der Waals surface area contributed by atoms with E-state index in [0.29, 0.717) is 29.6 Å². The molecule has 2 aromatic rings. The summed E-state index contributed by atoms with van der Waals surface area (Å²) in [5.41, 5.74) is 0.397. The van der Waals surface area contributed by atoms with Crippen LogP contribution in [0.4, 0.5) is 5.82 Å². The normalized spacial score (nSPS) is 17.7. The molecule has 0 saturated carbocycles. The van der Waals surface area contributed by atoms with Crippen molar-refractivity contribution >= 4 is 11.7 Å². The summed E-state index contributed by atoms with van der Waals surface area (Å²) in [7, 11) is 0. The van der Waals surface area contributed by atoms with E-state index in [1.54, 1.807) is 48.1 Å². The smallest absolute Gasteiger partial charge is 0.266 e. The molecule has 0 spiro atoms. The van der Waals surface area contributed by atoms with Crippen molar-refractivity contribution in [1.29, 1.82) is 5.26 Å². The van der Waals surface area contributed by atoms with Gasteiger partial charge in [0.05, 0.1) is 18.4 Å². The molecule has 1 aromatic heterocycles. The number of anilines is 1. The molecule has 0 radical (unpaired) electrons. The van der Waals surface area contributed by atoms with Crippen LogP contribution in [0.3, 0.4) is 0 Å². The quantitative estimate of drug-likeness (QED) is 0.871. The summed E-state index contributed by atoms with van der Waals surface area (Å²) in [5, 5.41) is 16.2. The molecule has 130 valence electrons. The highest BCUT2D eigenvalue weighted by atomic mass is 16.5. The van der Waals surface area contributed by atoms with Crippen molar-refractivity contribution in [2.45, 2.75) is 26.0 Å². The fraction of sp³-hybridized carbons (Fsp3) is 0.389. The molecule has 25 heavy (non-hydrogen) atoms. The predicted molar refractivity (Wildman–Crippen MR) is 91.0 cm³/mol. The molecule has 2 atom stereocenters. The Labute approximate surface area is 146 Å². The third-order valence-electron chi connectivity index (χ3n) is 4.10. The van der Waals surface area contributed by atoms with Crippen LogP contribution in [0.15, 0.2) is 36.5 Å². The van der Waals surface area contributed by atoms with Gasteiger partial charge in [-0.25, -0.2) is 4.68 Å². The zero-order valence-electron chi connectivity index (χ0n) is 14.0. The van der Waals surface area contributed by atoms with Gasteiger partial charge in [-0.3, -0.25) is 4.79 Å². The maximum Gasteiger partial charge on any atom is 0.266 e. The van der Waals surface area contributed by atoms with Crippen LogP contribution < -0.4 is 10.1 Å². The average molecular weight is 340 g/mol. The van der Waals surface area contributed by atoms with E-state index in [4.69, 9.17) is 14.7 Å². The van der Waals surface area contributed by atoms with Crippen LogP contribution in [-0.2, 0) is 16.1 Å². The number of amides is 1. The first-order valence-corrected chi connectivity index (χ1v) is 8.23. The number of carbonyl (C=O) groups excluding carboxylic acids is 1. The van der Waals surface area contributed by atoms with Crippen molar-refractivity contribution in [2.24, 2.45) is 5.92 Å². The van der Waals surface area contributed by atoms with Crippen molar-refractivity contribution in [2.75, 3.05) is 18.5 Å². The molecule has 1 amide bonds. The third kappa shape index (κ3) is 4.17. The van der Waals surface area contributed by atoms with Gasteiger partial charge in [0.2, 0.25) is 0 Å². The standard InChI is InChI=1S/C18H20N4O3/c1-13(25-16-5-3-2-4-15(16)10-19)18(23)21-17-6-8-20-22(17)11-14-7-9-24-12-14/h2-6,8,13-14H,7,9,11-12H2,1H3,(H,21,23)/t13-,14+/m0/s1. The number of nitriles is 1. The van der Waals surface area contributed by atoms with Crippen molar-refractivity contribution in [3.63, 3.8) is 0 Å². The number of hydrogen-bond acceptors (Lipinski definition) is 5. The van der Waals surface area contributed by atoms with Gasteiger partial charge in [-0.05, 0) is 25.5 Å². The number of para-hydroxylation sites is 1. The number of nitrogens with zero attached hydrogens (tertiary/aromatic N) is 3.